The maximum atomic E-state index is 14.2. The van der Waals surface area contributed by atoms with E-state index in [4.69, 9.17) is 47.4 Å². The topological polar surface area (TPSA) is 245 Å². The Kier molecular flexibility index (Phi) is 22.2. The maximum absolute atomic E-state index is 14.2. The number of cyclic esters (lactones) is 1. The van der Waals surface area contributed by atoms with Crippen LogP contribution >= 0.6 is 0 Å². The molecule has 3 fully saturated rings. The summed E-state index contributed by atoms with van der Waals surface area (Å²) in [5.41, 5.74) is -0.837. The van der Waals surface area contributed by atoms with Crippen molar-refractivity contribution in [3.05, 3.63) is 23.8 Å². The van der Waals surface area contributed by atoms with Gasteiger partial charge in [0.2, 0.25) is 0 Å². The minimum absolute atomic E-state index is 0.0163. The second-order valence-electron chi connectivity index (χ2n) is 19.6. The number of hydrogen-bond acceptors (Lipinski definition) is 19. The Hall–Kier alpha value is -2.76. The molecule has 68 heavy (non-hydrogen) atoms. The zero-order chi connectivity index (χ0) is 50.8. The lowest BCUT2D eigenvalue weighted by Crippen LogP contribution is -2.65. The van der Waals surface area contributed by atoms with Crippen molar-refractivity contribution in [3.8, 4) is 0 Å². The Bertz CT molecular complexity index is 1690. The lowest BCUT2D eigenvalue weighted by molar-refractivity contribution is -0.342. The van der Waals surface area contributed by atoms with Gasteiger partial charge in [-0.05, 0) is 73.5 Å². The number of hydrogen-bond donors (Lipinski definition) is 4. The number of likely N-dealkylation sites (N-methyl/N-ethyl adjacent to an activating group) is 1. The van der Waals surface area contributed by atoms with Gasteiger partial charge in [0.25, 0.3) is 0 Å². The zero-order valence-corrected chi connectivity index (χ0v) is 42.3. The summed E-state index contributed by atoms with van der Waals surface area (Å²) in [7, 11) is 6.42. The molecule has 0 aromatic rings. The maximum Gasteiger partial charge on any atom is 0.309 e. The second-order valence-corrected chi connectivity index (χ2v) is 19.6. The smallest absolute Gasteiger partial charge is 0.309 e. The fraction of sp³-hybridized carbons (Fsp3) is 0.837. The molecule has 19 nitrogen and oxygen atoms in total. The van der Waals surface area contributed by atoms with Crippen LogP contribution in [0.15, 0.2) is 23.8 Å². The first-order chi connectivity index (χ1) is 32.0. The Morgan fingerprint density at radius 3 is 2.13 bits per heavy atom. The molecule has 0 aliphatic carbocycles. The number of carbonyl (C=O) groups is 4. The van der Waals surface area contributed by atoms with Crippen LogP contribution in [0.5, 0.6) is 0 Å². The third-order valence-electron chi connectivity index (χ3n) is 14.0. The summed E-state index contributed by atoms with van der Waals surface area (Å²) >= 11 is 0. The molecule has 19 heteroatoms. The van der Waals surface area contributed by atoms with Crippen LogP contribution in [0.2, 0.25) is 0 Å². The van der Waals surface area contributed by atoms with Gasteiger partial charge in [0.05, 0.1) is 49.1 Å². The van der Waals surface area contributed by atoms with Crippen LogP contribution in [0.4, 0.5) is 0 Å². The SMILES string of the molecule is CCC(=O)O[C@@H]1CC(=O)O[C@H](CC)[C@@H](COC2OC(C)C(O)C(OC)C2OC)/C=C(C)/C=C/C(=O)[C@H](C)C[C@H](CC=O)[C@H](OC2OC(C)C(OC3CC(C)(O)C(O)C(C)O3)C(N(C)C)C2O)[C@H]1C. The molecule has 4 aliphatic rings. The van der Waals surface area contributed by atoms with Gasteiger partial charge >= 0.3 is 11.9 Å². The first kappa shape index (κ1) is 57.8. The van der Waals surface area contributed by atoms with E-state index in [2.05, 4.69) is 0 Å². The van der Waals surface area contributed by atoms with Gasteiger partial charge in [-0.1, -0.05) is 45.4 Å². The molecule has 14 unspecified atom stereocenters. The number of methoxy groups -OCH3 is 2. The van der Waals surface area contributed by atoms with Gasteiger partial charge in [-0.15, -0.1) is 0 Å². The molecular weight excluding hydrogens is 891 g/mol. The summed E-state index contributed by atoms with van der Waals surface area (Å²) in [5, 5.41) is 44.3. The summed E-state index contributed by atoms with van der Waals surface area (Å²) in [5.74, 6) is -4.30. The minimum atomic E-state index is -1.51. The Balaban J connectivity index is 1.71. The monoisotopic (exact) mass is 972 g/mol. The van der Waals surface area contributed by atoms with Crippen molar-refractivity contribution in [1.29, 1.82) is 0 Å². The van der Waals surface area contributed by atoms with Crippen molar-refractivity contribution in [2.24, 2.45) is 23.7 Å². The Morgan fingerprint density at radius 1 is 0.882 bits per heavy atom. The molecule has 4 N–H and O–H groups in total. The van der Waals surface area contributed by atoms with Crippen LogP contribution in [0.1, 0.15) is 101 Å². The van der Waals surface area contributed by atoms with Gasteiger partial charge in [0, 0.05) is 51.2 Å². The average molecular weight is 972 g/mol. The molecule has 3 saturated heterocycles. The molecule has 21 atom stereocenters. The van der Waals surface area contributed by atoms with Gasteiger partial charge in [-0.25, -0.2) is 0 Å². The van der Waals surface area contributed by atoms with E-state index in [0.29, 0.717) is 12.0 Å². The van der Waals surface area contributed by atoms with Crippen molar-refractivity contribution in [2.45, 2.75) is 205 Å². The highest BCUT2D eigenvalue weighted by atomic mass is 16.7. The summed E-state index contributed by atoms with van der Waals surface area (Å²) in [4.78, 5) is 55.5. The summed E-state index contributed by atoms with van der Waals surface area (Å²) < 4.78 is 61.2. The van der Waals surface area contributed by atoms with Crippen LogP contribution in [0.25, 0.3) is 0 Å². The number of nitrogens with zero attached hydrogens (tertiary/aromatic N) is 1. The molecule has 390 valence electrons. The third-order valence-corrected chi connectivity index (χ3v) is 14.0. The van der Waals surface area contributed by atoms with Gasteiger partial charge < -0.3 is 77.5 Å². The van der Waals surface area contributed by atoms with Crippen LogP contribution in [0, 0.1) is 23.7 Å². The van der Waals surface area contributed by atoms with Crippen molar-refractivity contribution in [2.75, 3.05) is 34.9 Å². The number of carbonyl (C=O) groups excluding carboxylic acids is 4. The zero-order valence-electron chi connectivity index (χ0n) is 42.3. The number of ketones is 1. The van der Waals surface area contributed by atoms with Crippen LogP contribution in [-0.4, -0.2) is 188 Å². The predicted octanol–water partition coefficient (Wildman–Crippen LogP) is 2.79. The summed E-state index contributed by atoms with van der Waals surface area (Å²) in [6.07, 6.45) is -8.71. The number of aliphatic hydroxyl groups is 4. The van der Waals surface area contributed by atoms with E-state index in [0.717, 1.165) is 6.29 Å². The van der Waals surface area contributed by atoms with E-state index < -0.39 is 146 Å². The summed E-state index contributed by atoms with van der Waals surface area (Å²) in [6.45, 7) is 15.3. The van der Waals surface area contributed by atoms with Gasteiger partial charge in [-0.2, -0.15) is 0 Å². The fourth-order valence-corrected chi connectivity index (χ4v) is 9.90. The number of esters is 2. The molecule has 0 saturated carbocycles. The lowest BCUT2D eigenvalue weighted by Gasteiger charge is -2.50. The lowest BCUT2D eigenvalue weighted by atomic mass is 9.79. The number of allylic oxidation sites excluding steroid dienone is 3. The molecule has 4 heterocycles. The quantitative estimate of drug-likeness (QED) is 0.136. The molecule has 0 radical (unpaired) electrons. The predicted molar refractivity (Wildman–Crippen MR) is 245 cm³/mol. The van der Waals surface area contributed by atoms with Crippen molar-refractivity contribution >= 4 is 24.0 Å². The molecule has 0 aromatic carbocycles. The number of rotatable bonds is 15. The first-order valence-corrected chi connectivity index (χ1v) is 24.1. The van der Waals surface area contributed by atoms with Crippen LogP contribution in [-0.2, 0) is 66.5 Å². The number of aliphatic hydroxyl groups excluding tert-OH is 3. The standard InChI is InChI=1S/C49H81NO18/c1-14-34-32(24-61-48-45(60-13)44(59-12)40(55)28(6)63-48)20-25(3)16-17-33(52)26(4)21-31(18-19-51)42(27(5)35(22-37(54)65-34)66-36(53)15-2)68-47-41(56)39(50(10)11)43(29(7)64-47)67-38-23-49(9,58)46(57)30(8)62-38/h16-17,19-20,26-32,34-35,38-48,55-58H,14-15,18,21-24H2,1-13H3/b17-16+,25-20+/t26-,27+,28?,29?,30?,31+,32-,34-,35-,38?,39?,40?,41?,42-,43?,44?,45?,46?,47?,48?,49?/m1/s1. The molecule has 4 rings (SSSR count). The largest absolute Gasteiger partial charge is 0.462 e. The highest BCUT2D eigenvalue weighted by molar-refractivity contribution is 5.91. The highest BCUT2D eigenvalue weighted by Crippen LogP contribution is 2.38. The summed E-state index contributed by atoms with van der Waals surface area (Å²) in [6, 6.07) is -0.777. The van der Waals surface area contributed by atoms with E-state index in [-0.39, 0.29) is 38.1 Å². The van der Waals surface area contributed by atoms with E-state index in [1.807, 2.05) is 13.0 Å². The molecule has 4 aliphatic heterocycles. The van der Waals surface area contributed by atoms with E-state index in [1.165, 1.54) is 27.2 Å². The van der Waals surface area contributed by atoms with Gasteiger partial charge in [0.1, 0.15) is 55.1 Å². The Labute approximate surface area is 402 Å². The number of ether oxygens (including phenoxy) is 10. The van der Waals surface area contributed by atoms with Crippen molar-refractivity contribution in [3.63, 3.8) is 0 Å². The van der Waals surface area contributed by atoms with Gasteiger partial charge in [-0.3, -0.25) is 14.4 Å². The highest BCUT2D eigenvalue weighted by Gasteiger charge is 2.52. The first-order valence-electron chi connectivity index (χ1n) is 24.1. The molecule has 0 spiro atoms. The van der Waals surface area contributed by atoms with Crippen LogP contribution in [0.3, 0.4) is 0 Å². The molecular formula is C49H81NO18. The van der Waals surface area contributed by atoms with E-state index in [1.54, 1.807) is 73.5 Å². The second kappa shape index (κ2) is 26.1. The molecule has 0 amide bonds. The molecule has 0 bridgehead atoms. The average Bonchev–Trinajstić information content (AvgIpc) is 3.28. The van der Waals surface area contributed by atoms with E-state index in [9.17, 15) is 39.6 Å². The Morgan fingerprint density at radius 2 is 1.54 bits per heavy atom. The van der Waals surface area contributed by atoms with Crippen LogP contribution < -0.4 is 0 Å². The third kappa shape index (κ3) is 14.7. The minimum Gasteiger partial charge on any atom is -0.462 e. The molecule has 0 aromatic heterocycles. The normalized spacial score (nSPS) is 43.8. The fourth-order valence-electron chi connectivity index (χ4n) is 9.90. The number of aldehydes is 1. The van der Waals surface area contributed by atoms with Crippen molar-refractivity contribution in [1.82, 2.24) is 4.90 Å². The van der Waals surface area contributed by atoms with E-state index >= 15 is 0 Å². The van der Waals surface area contributed by atoms with Gasteiger partial charge in [0.15, 0.2) is 24.7 Å². The van der Waals surface area contributed by atoms with Crippen molar-refractivity contribution < 1.29 is 87.0 Å².